The second kappa shape index (κ2) is 9.79. The van der Waals surface area contributed by atoms with Gasteiger partial charge in [0.1, 0.15) is 21.7 Å². The van der Waals surface area contributed by atoms with Gasteiger partial charge in [-0.15, -0.1) is 11.8 Å². The molecule has 5 aromatic rings. The zero-order chi connectivity index (χ0) is 22.5. The predicted octanol–water partition coefficient (Wildman–Crippen LogP) is 5.81. The number of H-pyrrole nitrogens is 1. The highest BCUT2D eigenvalue weighted by Crippen LogP contribution is 2.55. The number of hydrogen-bond donors (Lipinski definition) is 1. The molecule has 0 aliphatic heterocycles. The molecule has 0 radical (unpaired) electrons. The van der Waals surface area contributed by atoms with Gasteiger partial charge in [0.25, 0.3) is 0 Å². The predicted molar refractivity (Wildman–Crippen MR) is 145 cm³/mol. The Labute approximate surface area is 200 Å². The highest BCUT2D eigenvalue weighted by atomic mass is 32.2. The first-order valence-electron chi connectivity index (χ1n) is 11.2. The minimum absolute atomic E-state index is 0.925. The van der Waals surface area contributed by atoms with Gasteiger partial charge >= 0.3 is 0 Å². The van der Waals surface area contributed by atoms with Crippen LogP contribution in [0.2, 0.25) is 0 Å². The molecule has 0 spiro atoms. The average molecular weight is 466 g/mol. The van der Waals surface area contributed by atoms with E-state index in [1.165, 1.54) is 21.3 Å². The Morgan fingerprint density at radius 2 is 1.06 bits per heavy atom. The van der Waals surface area contributed by atoms with Crippen LogP contribution in [0.25, 0.3) is 11.4 Å². The maximum atomic E-state index is 5.15. The molecular formula is C29H26N2PS+. The van der Waals surface area contributed by atoms with Crippen LogP contribution < -0.4 is 21.3 Å². The Morgan fingerprint density at radius 3 is 1.48 bits per heavy atom. The van der Waals surface area contributed by atoms with Crippen LogP contribution in [0.4, 0.5) is 0 Å². The van der Waals surface area contributed by atoms with Gasteiger partial charge in [-0.1, -0.05) is 91.9 Å². The molecule has 1 aromatic heterocycles. The maximum Gasteiger partial charge on any atom is 0.210 e. The highest BCUT2D eigenvalue weighted by molar-refractivity contribution is 8.04. The van der Waals surface area contributed by atoms with Crippen molar-refractivity contribution in [3.05, 3.63) is 121 Å². The Bertz CT molecular complexity index is 1210. The van der Waals surface area contributed by atoms with Gasteiger partial charge in [-0.05, 0) is 42.2 Å². The van der Waals surface area contributed by atoms with Crippen LogP contribution in [0.5, 0.6) is 0 Å². The van der Waals surface area contributed by atoms with Gasteiger partial charge in [-0.25, -0.2) is 4.98 Å². The van der Waals surface area contributed by atoms with Crippen molar-refractivity contribution in [1.29, 1.82) is 0 Å². The van der Waals surface area contributed by atoms with E-state index < -0.39 is 7.26 Å². The molecule has 0 unspecified atom stereocenters. The van der Waals surface area contributed by atoms with Crippen molar-refractivity contribution < 1.29 is 0 Å². The Kier molecular flexibility index (Phi) is 6.44. The van der Waals surface area contributed by atoms with Crippen LogP contribution in [-0.2, 0) is 0 Å². The lowest BCUT2D eigenvalue weighted by molar-refractivity contribution is 1.21. The third-order valence-electron chi connectivity index (χ3n) is 5.75. The van der Waals surface area contributed by atoms with E-state index in [1.54, 1.807) is 0 Å². The van der Waals surface area contributed by atoms with Crippen LogP contribution in [0, 0.1) is 0 Å². The molecule has 1 N–H and O–H groups in total. The third kappa shape index (κ3) is 4.04. The lowest BCUT2D eigenvalue weighted by Gasteiger charge is -2.26. The fourth-order valence-electron chi connectivity index (χ4n) is 4.33. The zero-order valence-corrected chi connectivity index (χ0v) is 20.3. The van der Waals surface area contributed by atoms with Crippen LogP contribution in [0.3, 0.4) is 0 Å². The SMILES string of the molecule is CCSc1nc(-c2ccccc2)[nH]c1[P+](c1ccccc1)(c1ccccc1)c1ccccc1. The van der Waals surface area contributed by atoms with Gasteiger partial charge in [0, 0.05) is 5.56 Å². The first kappa shape index (κ1) is 21.7. The molecule has 0 saturated carbocycles. The number of nitrogens with one attached hydrogen (secondary N) is 1. The first-order valence-corrected chi connectivity index (χ1v) is 14.0. The Morgan fingerprint density at radius 1 is 0.636 bits per heavy atom. The van der Waals surface area contributed by atoms with Crippen LogP contribution in [-0.4, -0.2) is 15.7 Å². The molecule has 4 heteroatoms. The topological polar surface area (TPSA) is 28.7 Å². The van der Waals surface area contributed by atoms with Crippen molar-refractivity contribution in [3.8, 4) is 11.4 Å². The molecule has 1 heterocycles. The first-order chi connectivity index (χ1) is 16.3. The van der Waals surface area contributed by atoms with E-state index in [0.717, 1.165) is 22.2 Å². The smallest absolute Gasteiger partial charge is 0.210 e. The summed E-state index contributed by atoms with van der Waals surface area (Å²) >= 11 is 1.81. The van der Waals surface area contributed by atoms with Gasteiger partial charge in [-0.2, -0.15) is 0 Å². The molecular weight excluding hydrogens is 439 g/mol. The summed E-state index contributed by atoms with van der Waals surface area (Å²) in [5.41, 5.74) is 2.32. The van der Waals surface area contributed by atoms with Gasteiger partial charge in [0.2, 0.25) is 5.44 Å². The number of nitrogens with zero attached hydrogens (tertiary/aromatic N) is 1. The summed E-state index contributed by atoms with van der Waals surface area (Å²) in [6, 6.07) is 43.3. The van der Waals surface area contributed by atoms with E-state index in [-0.39, 0.29) is 0 Å². The quantitative estimate of drug-likeness (QED) is 0.243. The van der Waals surface area contributed by atoms with E-state index in [9.17, 15) is 0 Å². The third-order valence-corrected chi connectivity index (χ3v) is 11.0. The minimum atomic E-state index is -2.21. The number of hydrogen-bond acceptors (Lipinski definition) is 2. The van der Waals surface area contributed by atoms with Crippen molar-refractivity contribution in [2.45, 2.75) is 11.9 Å². The summed E-state index contributed by atoms with van der Waals surface area (Å²) in [6.45, 7) is 2.19. The van der Waals surface area contributed by atoms with E-state index in [1.807, 2.05) is 17.8 Å². The minimum Gasteiger partial charge on any atom is -0.307 e. The molecule has 162 valence electrons. The molecule has 5 rings (SSSR count). The van der Waals surface area contributed by atoms with Gasteiger partial charge < -0.3 is 4.98 Å². The molecule has 2 nitrogen and oxygen atoms in total. The van der Waals surface area contributed by atoms with Crippen molar-refractivity contribution in [3.63, 3.8) is 0 Å². The molecule has 0 saturated heterocycles. The van der Waals surface area contributed by atoms with Crippen LogP contribution in [0.1, 0.15) is 6.92 Å². The summed E-state index contributed by atoms with van der Waals surface area (Å²) in [5.74, 6) is 1.89. The summed E-state index contributed by atoms with van der Waals surface area (Å²) in [4.78, 5) is 8.98. The molecule has 0 bridgehead atoms. The number of aromatic nitrogens is 2. The van der Waals surface area contributed by atoms with Gasteiger partial charge in [0.15, 0.2) is 12.3 Å². The summed E-state index contributed by atoms with van der Waals surface area (Å²) in [5, 5.41) is 5.05. The van der Waals surface area contributed by atoms with Gasteiger partial charge in [-0.3, -0.25) is 0 Å². The molecule has 0 aliphatic carbocycles. The standard InChI is InChI=1S/C29H26N2PS/c1-2-33-29-28(30-27(31-29)23-15-7-3-8-16-23)32(24-17-9-4-10-18-24,25-19-11-5-12-20-25)26-21-13-6-14-22-26/h3-22H,2H2,1H3,(H,30,31)/q+1. The molecule has 33 heavy (non-hydrogen) atoms. The highest BCUT2D eigenvalue weighted by Gasteiger charge is 2.51. The van der Waals surface area contributed by atoms with Crippen molar-refractivity contribution in [2.24, 2.45) is 0 Å². The number of aromatic amines is 1. The van der Waals surface area contributed by atoms with Crippen LogP contribution >= 0.6 is 19.0 Å². The normalized spacial score (nSPS) is 11.4. The maximum absolute atomic E-state index is 5.15. The zero-order valence-electron chi connectivity index (χ0n) is 18.6. The summed E-state index contributed by atoms with van der Waals surface area (Å²) < 4.78 is 0. The van der Waals surface area contributed by atoms with E-state index in [2.05, 4.69) is 127 Å². The molecule has 0 amide bonds. The average Bonchev–Trinajstić information content (AvgIpc) is 3.31. The van der Waals surface area contributed by atoms with E-state index in [4.69, 9.17) is 4.98 Å². The van der Waals surface area contributed by atoms with E-state index in [0.29, 0.717) is 0 Å². The van der Waals surface area contributed by atoms with Crippen molar-refractivity contribution >= 4 is 40.4 Å². The second-order valence-corrected chi connectivity index (χ2v) is 12.3. The fraction of sp³-hybridized carbons (Fsp3) is 0.0690. The van der Waals surface area contributed by atoms with Crippen molar-refractivity contribution in [2.75, 3.05) is 5.75 Å². The monoisotopic (exact) mass is 465 g/mol. The molecule has 4 aromatic carbocycles. The van der Waals surface area contributed by atoms with E-state index >= 15 is 0 Å². The largest absolute Gasteiger partial charge is 0.307 e. The molecule has 0 fully saturated rings. The lowest BCUT2D eigenvalue weighted by atomic mass is 10.2. The Hall–Kier alpha value is -3.13. The number of rotatable bonds is 7. The molecule has 0 atom stereocenters. The second-order valence-electron chi connectivity index (χ2n) is 7.72. The van der Waals surface area contributed by atoms with Crippen LogP contribution in [0.15, 0.2) is 126 Å². The molecule has 0 aliphatic rings. The Balaban J connectivity index is 1.89. The number of benzene rings is 4. The fourth-order valence-corrected chi connectivity index (χ4v) is 9.69. The number of imidazole rings is 1. The van der Waals surface area contributed by atoms with Crippen molar-refractivity contribution in [1.82, 2.24) is 9.97 Å². The number of thioether (sulfide) groups is 1. The van der Waals surface area contributed by atoms with Gasteiger partial charge in [0.05, 0.1) is 0 Å². The summed E-state index contributed by atoms with van der Waals surface area (Å²) in [7, 11) is -2.21. The summed E-state index contributed by atoms with van der Waals surface area (Å²) in [6.07, 6.45) is 0. The lowest BCUT2D eigenvalue weighted by Crippen LogP contribution is -2.40.